The fourth-order valence-electron chi connectivity index (χ4n) is 4.77. The van der Waals surface area contributed by atoms with Gasteiger partial charge in [0.25, 0.3) is 5.56 Å². The molecule has 0 amide bonds. The van der Waals surface area contributed by atoms with E-state index in [0.717, 1.165) is 4.68 Å². The van der Waals surface area contributed by atoms with Gasteiger partial charge in [-0.05, 0) is 6.92 Å². The molecule has 4 aromatic heterocycles. The molecule has 9 N–H and O–H groups in total. The van der Waals surface area contributed by atoms with E-state index in [4.69, 9.17) is 34.9 Å². The van der Waals surface area contributed by atoms with E-state index in [-0.39, 0.29) is 40.7 Å². The molecule has 6 rings (SSSR count). The number of H-pyrrole nitrogens is 1. The second-order valence-corrected chi connectivity index (χ2v) is 11.2. The number of aromatic amines is 1. The van der Waals surface area contributed by atoms with Crippen LogP contribution in [0.15, 0.2) is 17.4 Å². The summed E-state index contributed by atoms with van der Waals surface area (Å²) >= 11 is 0. The Labute approximate surface area is 238 Å². The minimum atomic E-state index is -4.79. The summed E-state index contributed by atoms with van der Waals surface area (Å²) in [5.41, 5.74) is 10.8. The predicted molar refractivity (Wildman–Crippen MR) is 138 cm³/mol. The molecule has 0 aliphatic carbocycles. The highest BCUT2D eigenvalue weighted by Crippen LogP contribution is 2.49. The highest BCUT2D eigenvalue weighted by Gasteiger charge is 2.51. The molecule has 0 bridgehead atoms. The van der Waals surface area contributed by atoms with Gasteiger partial charge in [0, 0.05) is 6.61 Å². The van der Waals surface area contributed by atoms with Crippen LogP contribution < -0.4 is 17.0 Å². The average Bonchev–Trinajstić information content (AvgIpc) is 3.70. The van der Waals surface area contributed by atoms with Gasteiger partial charge in [-0.25, -0.2) is 15.0 Å². The van der Waals surface area contributed by atoms with Crippen molar-refractivity contribution in [3.05, 3.63) is 23.0 Å². The van der Waals surface area contributed by atoms with E-state index in [1.54, 1.807) is 6.92 Å². The van der Waals surface area contributed by atoms with Crippen molar-refractivity contribution in [2.24, 2.45) is 0 Å². The minimum absolute atomic E-state index is 0.107. The SMILES string of the molecule is CCOC1C(OCP(=O)(O)OC2C(O)C(O)OC2n2nnc3c(=O)[nH]c(N)nc32)OC(n2cnc3c(N)ncnc32)C1O. The van der Waals surface area contributed by atoms with Gasteiger partial charge in [-0.15, -0.1) is 5.10 Å². The highest BCUT2D eigenvalue weighted by atomic mass is 31.2. The number of aliphatic hydroxyl groups is 3. The van der Waals surface area contributed by atoms with Crippen molar-refractivity contribution < 1.29 is 48.2 Å². The maximum atomic E-state index is 13.2. The number of aromatic nitrogens is 9. The number of nitrogens with two attached hydrogens (primary N) is 2. The Balaban J connectivity index is 1.20. The molecule has 4 aromatic rings. The summed E-state index contributed by atoms with van der Waals surface area (Å²) in [5.74, 6) is -0.186. The maximum Gasteiger partial charge on any atom is 0.354 e. The van der Waals surface area contributed by atoms with Crippen LogP contribution in [0.2, 0.25) is 0 Å². The van der Waals surface area contributed by atoms with Crippen molar-refractivity contribution >= 4 is 41.7 Å². The van der Waals surface area contributed by atoms with Crippen molar-refractivity contribution in [3.8, 4) is 0 Å². The number of ether oxygens (including phenoxy) is 4. The molecular formula is C20H26N11O11P. The zero-order valence-electron chi connectivity index (χ0n) is 22.0. The summed E-state index contributed by atoms with van der Waals surface area (Å²) in [7, 11) is -4.79. The van der Waals surface area contributed by atoms with Crippen LogP contribution in [0, 0.1) is 0 Å². The number of nitrogens with zero attached hydrogens (tertiary/aromatic N) is 8. The number of nitrogens with one attached hydrogen (secondary N) is 1. The molecule has 6 heterocycles. The van der Waals surface area contributed by atoms with Gasteiger partial charge >= 0.3 is 7.60 Å². The third-order valence-electron chi connectivity index (χ3n) is 6.66. The van der Waals surface area contributed by atoms with Gasteiger partial charge in [0.1, 0.15) is 36.3 Å². The number of hydrogen-bond acceptors (Lipinski definition) is 18. The van der Waals surface area contributed by atoms with Gasteiger partial charge in [-0.3, -0.25) is 23.4 Å². The Morgan fingerprint density at radius 2 is 1.84 bits per heavy atom. The zero-order valence-corrected chi connectivity index (χ0v) is 22.9. The standard InChI is InChI=1S/C20H26N11O11P/c1-2-38-11-8(32)16(30-4-25-6-12(21)23-3-24-13(6)30)41-19(11)39-5-43(36,37)42-10-9(33)18(35)40-17(10)31-14-7(28-29-31)15(34)27-20(22)26-14/h3-4,8-11,16-19,32-33,35H,2,5H2,1H3,(H,36,37)(H2,21,23,24)(H3,22,26,27,34). The first kappa shape index (κ1) is 29.4. The van der Waals surface area contributed by atoms with Crippen LogP contribution in [-0.2, 0) is 28.0 Å². The number of anilines is 2. The number of hydrogen-bond donors (Lipinski definition) is 7. The van der Waals surface area contributed by atoms with Crippen LogP contribution in [0.5, 0.6) is 0 Å². The predicted octanol–water partition coefficient (Wildman–Crippen LogP) is -3.11. The van der Waals surface area contributed by atoms with E-state index in [2.05, 4.69) is 35.2 Å². The van der Waals surface area contributed by atoms with Gasteiger partial charge in [0.15, 0.2) is 54.0 Å². The van der Waals surface area contributed by atoms with Crippen LogP contribution >= 0.6 is 7.60 Å². The quantitative estimate of drug-likeness (QED) is 0.0903. The van der Waals surface area contributed by atoms with E-state index >= 15 is 0 Å². The summed E-state index contributed by atoms with van der Waals surface area (Å²) in [4.78, 5) is 41.1. The Hall–Kier alpha value is -3.70. The van der Waals surface area contributed by atoms with Crippen molar-refractivity contribution in [2.45, 2.75) is 56.4 Å². The third-order valence-corrected chi connectivity index (χ3v) is 7.71. The van der Waals surface area contributed by atoms with Gasteiger partial charge in [0.05, 0.1) is 6.33 Å². The number of rotatable bonds is 9. The lowest BCUT2D eigenvalue weighted by molar-refractivity contribution is -0.177. The van der Waals surface area contributed by atoms with Crippen molar-refractivity contribution in [2.75, 3.05) is 24.4 Å². The lowest BCUT2D eigenvalue weighted by Crippen LogP contribution is -2.36. The molecule has 0 aromatic carbocycles. The molecule has 22 nitrogen and oxygen atoms in total. The molecule has 2 aliphatic heterocycles. The fourth-order valence-corrected chi connectivity index (χ4v) is 5.77. The molecular weight excluding hydrogens is 601 g/mol. The lowest BCUT2D eigenvalue weighted by atomic mass is 10.2. The Kier molecular flexibility index (Phi) is 7.58. The van der Waals surface area contributed by atoms with E-state index in [0.29, 0.717) is 0 Å². The monoisotopic (exact) mass is 627 g/mol. The number of imidazole rings is 1. The Morgan fingerprint density at radius 3 is 2.60 bits per heavy atom. The average molecular weight is 627 g/mol. The molecule has 9 unspecified atom stereocenters. The molecule has 232 valence electrons. The lowest BCUT2D eigenvalue weighted by Gasteiger charge is -2.25. The van der Waals surface area contributed by atoms with Crippen LogP contribution in [-0.4, -0.2) is 115 Å². The van der Waals surface area contributed by atoms with Crippen molar-refractivity contribution in [3.63, 3.8) is 0 Å². The van der Waals surface area contributed by atoms with Gasteiger partial charge in [-0.1, -0.05) is 5.21 Å². The third kappa shape index (κ3) is 5.22. The van der Waals surface area contributed by atoms with Gasteiger partial charge in [0.2, 0.25) is 5.95 Å². The van der Waals surface area contributed by atoms with Crippen LogP contribution in [0.4, 0.5) is 11.8 Å². The number of aliphatic hydroxyl groups excluding tert-OH is 3. The second-order valence-electron chi connectivity index (χ2n) is 9.46. The smallest absolute Gasteiger partial charge is 0.354 e. The molecule has 0 saturated carbocycles. The normalized spacial score (nSPS) is 30.8. The largest absolute Gasteiger partial charge is 0.385 e. The minimum Gasteiger partial charge on any atom is -0.385 e. The van der Waals surface area contributed by atoms with Crippen LogP contribution in [0.1, 0.15) is 19.4 Å². The van der Waals surface area contributed by atoms with Crippen molar-refractivity contribution in [1.29, 1.82) is 0 Å². The summed E-state index contributed by atoms with van der Waals surface area (Å²) in [6.45, 7) is 1.79. The first-order chi connectivity index (χ1) is 20.5. The van der Waals surface area contributed by atoms with Gasteiger partial charge in [-0.2, -0.15) is 9.67 Å². The molecule has 2 aliphatic rings. The summed E-state index contributed by atoms with van der Waals surface area (Å²) in [5, 5.41) is 39.0. The topological polar surface area (TPSA) is 316 Å². The molecule has 2 saturated heterocycles. The molecule has 2 fully saturated rings. The van der Waals surface area contributed by atoms with Gasteiger partial charge < -0.3 is 50.6 Å². The van der Waals surface area contributed by atoms with E-state index in [1.165, 1.54) is 17.2 Å². The number of fused-ring (bicyclic) bond motifs is 2. The molecule has 23 heteroatoms. The summed E-state index contributed by atoms with van der Waals surface area (Å²) in [6, 6.07) is 0. The fraction of sp³-hybridized carbons (Fsp3) is 0.550. The van der Waals surface area contributed by atoms with E-state index < -0.39 is 69.0 Å². The van der Waals surface area contributed by atoms with Crippen LogP contribution in [0.25, 0.3) is 22.3 Å². The second kappa shape index (κ2) is 11.1. The molecule has 0 spiro atoms. The molecule has 0 radical (unpaired) electrons. The summed E-state index contributed by atoms with van der Waals surface area (Å²) in [6.07, 6.45) is -10.5. The van der Waals surface area contributed by atoms with Crippen molar-refractivity contribution in [1.82, 2.24) is 44.5 Å². The zero-order chi connectivity index (χ0) is 30.6. The Morgan fingerprint density at radius 1 is 1.05 bits per heavy atom. The first-order valence-electron chi connectivity index (χ1n) is 12.6. The molecule has 43 heavy (non-hydrogen) atoms. The van der Waals surface area contributed by atoms with E-state index in [1.807, 2.05) is 0 Å². The van der Waals surface area contributed by atoms with E-state index in [9.17, 15) is 29.6 Å². The Bertz CT molecular complexity index is 1750. The number of nitrogen functional groups attached to an aromatic ring is 2. The highest BCUT2D eigenvalue weighted by molar-refractivity contribution is 7.52. The molecule has 9 atom stereocenters. The summed E-state index contributed by atoms with van der Waals surface area (Å²) < 4.78 is 42.9. The van der Waals surface area contributed by atoms with Crippen LogP contribution in [0.3, 0.4) is 0 Å². The maximum absolute atomic E-state index is 13.2. The first-order valence-corrected chi connectivity index (χ1v) is 14.4.